The SMILES string of the molecule is CNC1(CO)CCC(Sc2ccc(C(C)(C)C)cc2)C1. The molecule has 1 saturated carbocycles. The lowest BCUT2D eigenvalue weighted by Gasteiger charge is -2.26. The van der Waals surface area contributed by atoms with E-state index in [1.807, 2.05) is 18.8 Å². The van der Waals surface area contributed by atoms with Crippen molar-refractivity contribution < 1.29 is 5.11 Å². The first-order chi connectivity index (χ1) is 9.38. The van der Waals surface area contributed by atoms with Crippen molar-refractivity contribution in [2.45, 2.75) is 61.1 Å². The van der Waals surface area contributed by atoms with Crippen LogP contribution in [0, 0.1) is 0 Å². The van der Waals surface area contributed by atoms with Crippen molar-refractivity contribution in [2.75, 3.05) is 13.7 Å². The molecule has 1 fully saturated rings. The molecule has 1 aliphatic rings. The van der Waals surface area contributed by atoms with E-state index < -0.39 is 0 Å². The van der Waals surface area contributed by atoms with Crippen molar-refractivity contribution >= 4 is 11.8 Å². The minimum absolute atomic E-state index is 0.0526. The zero-order chi connectivity index (χ0) is 14.8. The lowest BCUT2D eigenvalue weighted by atomic mass is 9.87. The molecule has 1 aromatic carbocycles. The van der Waals surface area contributed by atoms with E-state index in [2.05, 4.69) is 50.4 Å². The van der Waals surface area contributed by atoms with Crippen molar-refractivity contribution in [3.8, 4) is 0 Å². The van der Waals surface area contributed by atoms with Gasteiger partial charge in [0, 0.05) is 15.7 Å². The molecule has 0 spiro atoms. The molecule has 3 heteroatoms. The average Bonchev–Trinajstić information content (AvgIpc) is 2.82. The van der Waals surface area contributed by atoms with Gasteiger partial charge in [0.15, 0.2) is 0 Å². The molecule has 2 atom stereocenters. The molecular weight excluding hydrogens is 266 g/mol. The number of aliphatic hydroxyl groups is 1. The van der Waals surface area contributed by atoms with Gasteiger partial charge in [-0.3, -0.25) is 0 Å². The van der Waals surface area contributed by atoms with Gasteiger partial charge in [-0.25, -0.2) is 0 Å². The van der Waals surface area contributed by atoms with Crippen molar-refractivity contribution in [1.29, 1.82) is 0 Å². The molecule has 112 valence electrons. The molecule has 0 heterocycles. The van der Waals surface area contributed by atoms with Crippen LogP contribution < -0.4 is 5.32 Å². The molecular formula is C17H27NOS. The summed E-state index contributed by atoms with van der Waals surface area (Å²) in [6.07, 6.45) is 3.29. The molecule has 20 heavy (non-hydrogen) atoms. The maximum atomic E-state index is 9.55. The Kier molecular flexibility index (Phi) is 4.83. The molecule has 2 rings (SSSR count). The standard InChI is InChI=1S/C17H27NOS/c1-16(2,3)13-5-7-14(8-6-13)20-15-9-10-17(11-15,12-19)18-4/h5-8,15,18-19H,9-12H2,1-4H3. The van der Waals surface area contributed by atoms with E-state index >= 15 is 0 Å². The van der Waals surface area contributed by atoms with Gasteiger partial charge in [0.1, 0.15) is 0 Å². The number of aliphatic hydroxyl groups excluding tert-OH is 1. The summed E-state index contributed by atoms with van der Waals surface area (Å²) in [5.74, 6) is 0. The Balaban J connectivity index is 1.98. The topological polar surface area (TPSA) is 32.3 Å². The van der Waals surface area contributed by atoms with Crippen molar-refractivity contribution in [3.05, 3.63) is 29.8 Å². The first-order valence-corrected chi connectivity index (χ1v) is 8.33. The number of rotatable bonds is 4. The molecule has 1 aliphatic carbocycles. The summed E-state index contributed by atoms with van der Waals surface area (Å²) in [6, 6.07) is 8.97. The second kappa shape index (κ2) is 6.08. The second-order valence-corrected chi connectivity index (χ2v) is 8.32. The number of hydrogen-bond donors (Lipinski definition) is 2. The zero-order valence-electron chi connectivity index (χ0n) is 13.1. The summed E-state index contributed by atoms with van der Waals surface area (Å²) in [4.78, 5) is 1.34. The van der Waals surface area contributed by atoms with E-state index in [9.17, 15) is 5.11 Å². The Labute approximate surface area is 127 Å². The summed E-state index contributed by atoms with van der Waals surface area (Å²) in [6.45, 7) is 6.97. The Morgan fingerprint density at radius 2 is 1.95 bits per heavy atom. The number of thioether (sulfide) groups is 1. The van der Waals surface area contributed by atoms with Crippen LogP contribution in [0.25, 0.3) is 0 Å². The minimum atomic E-state index is -0.0526. The molecule has 0 aromatic heterocycles. The Hall–Kier alpha value is -0.510. The lowest BCUT2D eigenvalue weighted by Crippen LogP contribution is -2.44. The lowest BCUT2D eigenvalue weighted by molar-refractivity contribution is 0.173. The predicted molar refractivity (Wildman–Crippen MR) is 87.5 cm³/mol. The number of hydrogen-bond acceptors (Lipinski definition) is 3. The van der Waals surface area contributed by atoms with E-state index in [1.54, 1.807) is 0 Å². The Morgan fingerprint density at radius 3 is 2.40 bits per heavy atom. The monoisotopic (exact) mass is 293 g/mol. The van der Waals surface area contributed by atoms with E-state index in [-0.39, 0.29) is 17.6 Å². The Bertz CT molecular complexity index is 431. The minimum Gasteiger partial charge on any atom is -0.394 e. The predicted octanol–water partition coefficient (Wildman–Crippen LogP) is 3.58. The first-order valence-electron chi connectivity index (χ1n) is 7.45. The molecule has 0 saturated heterocycles. The maximum Gasteiger partial charge on any atom is 0.0613 e. The van der Waals surface area contributed by atoms with Crippen LogP contribution in [-0.4, -0.2) is 29.5 Å². The third-order valence-corrected chi connectivity index (χ3v) is 5.70. The molecule has 2 nitrogen and oxygen atoms in total. The summed E-state index contributed by atoms with van der Waals surface area (Å²) >= 11 is 1.95. The quantitative estimate of drug-likeness (QED) is 0.890. The highest BCUT2D eigenvalue weighted by Crippen LogP contribution is 2.40. The van der Waals surface area contributed by atoms with E-state index in [1.165, 1.54) is 16.9 Å². The smallest absolute Gasteiger partial charge is 0.0613 e. The third-order valence-electron chi connectivity index (χ3n) is 4.42. The second-order valence-electron chi connectivity index (χ2n) is 6.95. The fourth-order valence-electron chi connectivity index (χ4n) is 2.85. The average molecular weight is 293 g/mol. The summed E-state index contributed by atoms with van der Waals surface area (Å²) in [5.41, 5.74) is 1.55. The fourth-order valence-corrected chi connectivity index (χ4v) is 4.17. The molecule has 2 unspecified atom stereocenters. The fraction of sp³-hybridized carbons (Fsp3) is 0.647. The van der Waals surface area contributed by atoms with Crippen molar-refractivity contribution in [2.24, 2.45) is 0 Å². The van der Waals surface area contributed by atoms with Crippen molar-refractivity contribution in [3.63, 3.8) is 0 Å². The molecule has 0 aliphatic heterocycles. The van der Waals surface area contributed by atoms with Crippen LogP contribution in [0.3, 0.4) is 0 Å². The van der Waals surface area contributed by atoms with Gasteiger partial charge in [0.2, 0.25) is 0 Å². The number of nitrogens with one attached hydrogen (secondary N) is 1. The van der Waals surface area contributed by atoms with Crippen LogP contribution in [0.4, 0.5) is 0 Å². The first kappa shape index (κ1) is 15.9. The van der Waals surface area contributed by atoms with E-state index in [4.69, 9.17) is 0 Å². The highest BCUT2D eigenvalue weighted by atomic mass is 32.2. The zero-order valence-corrected chi connectivity index (χ0v) is 13.9. The Morgan fingerprint density at radius 1 is 1.30 bits per heavy atom. The van der Waals surface area contributed by atoms with Gasteiger partial charge in [-0.2, -0.15) is 0 Å². The normalized spacial score (nSPS) is 26.9. The molecule has 0 amide bonds. The largest absolute Gasteiger partial charge is 0.394 e. The highest BCUT2D eigenvalue weighted by Gasteiger charge is 2.37. The van der Waals surface area contributed by atoms with Gasteiger partial charge in [-0.05, 0) is 49.4 Å². The van der Waals surface area contributed by atoms with Crippen LogP contribution in [-0.2, 0) is 5.41 Å². The van der Waals surface area contributed by atoms with Gasteiger partial charge >= 0.3 is 0 Å². The highest BCUT2D eigenvalue weighted by molar-refractivity contribution is 8.00. The molecule has 1 aromatic rings. The number of likely N-dealkylation sites (N-methyl/N-ethyl adjacent to an activating group) is 1. The van der Waals surface area contributed by atoms with Crippen LogP contribution in [0.2, 0.25) is 0 Å². The molecule has 0 bridgehead atoms. The van der Waals surface area contributed by atoms with E-state index in [0.29, 0.717) is 5.25 Å². The van der Waals surface area contributed by atoms with Crippen molar-refractivity contribution in [1.82, 2.24) is 5.32 Å². The van der Waals surface area contributed by atoms with E-state index in [0.717, 1.165) is 12.8 Å². The van der Waals surface area contributed by atoms with Gasteiger partial charge < -0.3 is 10.4 Å². The number of benzene rings is 1. The van der Waals surface area contributed by atoms with Gasteiger partial charge in [-0.15, -0.1) is 11.8 Å². The van der Waals surface area contributed by atoms with Gasteiger partial charge in [0.05, 0.1) is 6.61 Å². The molecule has 0 radical (unpaired) electrons. The molecule has 2 N–H and O–H groups in total. The van der Waals surface area contributed by atoms with Crippen LogP contribution in [0.15, 0.2) is 29.2 Å². The van der Waals surface area contributed by atoms with Gasteiger partial charge in [-0.1, -0.05) is 32.9 Å². The van der Waals surface area contributed by atoms with Crippen LogP contribution in [0.5, 0.6) is 0 Å². The summed E-state index contributed by atoms with van der Waals surface area (Å²) in [5, 5.41) is 13.5. The van der Waals surface area contributed by atoms with Crippen LogP contribution >= 0.6 is 11.8 Å². The summed E-state index contributed by atoms with van der Waals surface area (Å²) < 4.78 is 0. The maximum absolute atomic E-state index is 9.55. The van der Waals surface area contributed by atoms with Crippen LogP contribution in [0.1, 0.15) is 45.6 Å². The van der Waals surface area contributed by atoms with Gasteiger partial charge in [0.25, 0.3) is 0 Å². The third kappa shape index (κ3) is 3.57. The summed E-state index contributed by atoms with van der Waals surface area (Å²) in [7, 11) is 1.96.